The zero-order valence-electron chi connectivity index (χ0n) is 15.4. The maximum absolute atomic E-state index is 12.5. The fourth-order valence-electron chi connectivity index (χ4n) is 2.86. The standard InChI is InChI=1S/C19H22N4O3/c1-5-22(13(4)24)15-9-7-14(8-10-15)21-17-12(3)16(11-20)18(25)23(6-2)19(17)26/h7-10,13,24H,5-6H2,1-4H3/b21-17-. The molecule has 0 saturated heterocycles. The minimum absolute atomic E-state index is 0.0620. The van der Waals surface area contributed by atoms with Gasteiger partial charge in [0.2, 0.25) is 0 Å². The van der Waals surface area contributed by atoms with Crippen molar-refractivity contribution in [2.24, 2.45) is 4.99 Å². The average Bonchev–Trinajstić information content (AvgIpc) is 2.61. The van der Waals surface area contributed by atoms with Gasteiger partial charge in [0.15, 0.2) is 0 Å². The predicted octanol–water partition coefficient (Wildman–Crippen LogP) is 2.15. The van der Waals surface area contributed by atoms with E-state index in [1.165, 1.54) is 0 Å². The topological polar surface area (TPSA) is 97.0 Å². The normalized spacial score (nSPS) is 17.5. The molecule has 1 aliphatic heterocycles. The van der Waals surface area contributed by atoms with Gasteiger partial charge in [0.1, 0.15) is 23.6 Å². The first kappa shape index (κ1) is 19.3. The highest BCUT2D eigenvalue weighted by Crippen LogP contribution is 2.24. The summed E-state index contributed by atoms with van der Waals surface area (Å²) in [4.78, 5) is 31.9. The maximum Gasteiger partial charge on any atom is 0.279 e. The maximum atomic E-state index is 12.5. The van der Waals surface area contributed by atoms with E-state index in [0.29, 0.717) is 12.2 Å². The lowest BCUT2D eigenvalue weighted by molar-refractivity contribution is -0.138. The second kappa shape index (κ2) is 7.93. The van der Waals surface area contributed by atoms with Gasteiger partial charge in [-0.15, -0.1) is 0 Å². The molecule has 136 valence electrons. The Morgan fingerprint density at radius 1 is 1.23 bits per heavy atom. The molecule has 1 heterocycles. The van der Waals surface area contributed by atoms with Crippen molar-refractivity contribution in [3.05, 3.63) is 35.4 Å². The fraction of sp³-hybridized carbons (Fsp3) is 0.368. The van der Waals surface area contributed by atoms with Crippen LogP contribution in [0.1, 0.15) is 27.7 Å². The number of nitrogens with zero attached hydrogens (tertiary/aromatic N) is 4. The third-order valence-electron chi connectivity index (χ3n) is 4.28. The van der Waals surface area contributed by atoms with E-state index in [0.717, 1.165) is 10.6 Å². The van der Waals surface area contributed by atoms with Gasteiger partial charge in [-0.3, -0.25) is 14.5 Å². The van der Waals surface area contributed by atoms with Crippen LogP contribution in [0, 0.1) is 11.3 Å². The molecule has 26 heavy (non-hydrogen) atoms. The monoisotopic (exact) mass is 354 g/mol. The summed E-state index contributed by atoms with van der Waals surface area (Å²) in [6, 6.07) is 8.93. The van der Waals surface area contributed by atoms with Gasteiger partial charge < -0.3 is 10.0 Å². The van der Waals surface area contributed by atoms with Gasteiger partial charge in [-0.1, -0.05) is 0 Å². The quantitative estimate of drug-likeness (QED) is 0.645. The number of amides is 2. The van der Waals surface area contributed by atoms with E-state index < -0.39 is 18.0 Å². The number of carbonyl (C=O) groups excluding carboxylic acids is 2. The van der Waals surface area contributed by atoms with Crippen molar-refractivity contribution in [3.63, 3.8) is 0 Å². The molecule has 0 saturated carbocycles. The van der Waals surface area contributed by atoms with Gasteiger partial charge in [0.25, 0.3) is 11.8 Å². The van der Waals surface area contributed by atoms with Crippen molar-refractivity contribution in [2.75, 3.05) is 18.0 Å². The summed E-state index contributed by atoms with van der Waals surface area (Å²) in [7, 11) is 0. The third kappa shape index (κ3) is 3.51. The van der Waals surface area contributed by atoms with Gasteiger partial charge in [-0.05, 0) is 52.0 Å². The van der Waals surface area contributed by atoms with E-state index in [1.54, 1.807) is 49.9 Å². The van der Waals surface area contributed by atoms with Gasteiger partial charge in [0, 0.05) is 24.4 Å². The van der Waals surface area contributed by atoms with Crippen LogP contribution in [-0.2, 0) is 9.59 Å². The Kier molecular flexibility index (Phi) is 5.90. The Bertz CT molecular complexity index is 816. The summed E-state index contributed by atoms with van der Waals surface area (Å²) in [6.45, 7) is 7.68. The molecule has 0 radical (unpaired) electrons. The first-order valence-corrected chi connectivity index (χ1v) is 8.46. The number of carbonyl (C=O) groups is 2. The number of benzene rings is 1. The summed E-state index contributed by atoms with van der Waals surface area (Å²) >= 11 is 0. The summed E-state index contributed by atoms with van der Waals surface area (Å²) in [5.74, 6) is -1.08. The summed E-state index contributed by atoms with van der Waals surface area (Å²) in [6.07, 6.45) is -0.621. The molecular formula is C19H22N4O3. The van der Waals surface area contributed by atoms with Crippen molar-refractivity contribution in [1.82, 2.24) is 4.90 Å². The Labute approximate surface area is 152 Å². The largest absolute Gasteiger partial charge is 0.374 e. The highest BCUT2D eigenvalue weighted by Gasteiger charge is 2.35. The lowest BCUT2D eigenvalue weighted by Gasteiger charge is -2.26. The van der Waals surface area contributed by atoms with E-state index in [9.17, 15) is 20.0 Å². The van der Waals surface area contributed by atoms with E-state index in [-0.39, 0.29) is 23.4 Å². The Morgan fingerprint density at radius 2 is 1.85 bits per heavy atom. The van der Waals surface area contributed by atoms with Crippen LogP contribution in [0.25, 0.3) is 0 Å². The van der Waals surface area contributed by atoms with Crippen LogP contribution in [0.5, 0.6) is 0 Å². The summed E-state index contributed by atoms with van der Waals surface area (Å²) < 4.78 is 0. The SMILES string of the molecule is CCN1C(=O)C(C#N)=C(C)/C(=N/c2ccc(N(CC)C(C)O)cc2)C1=O. The fourth-order valence-corrected chi connectivity index (χ4v) is 2.86. The zero-order chi connectivity index (χ0) is 19.4. The van der Waals surface area contributed by atoms with Gasteiger partial charge in [0.05, 0.1) is 5.69 Å². The molecule has 0 aliphatic carbocycles. The number of nitriles is 1. The van der Waals surface area contributed by atoms with Crippen LogP contribution < -0.4 is 4.90 Å². The number of hydrogen-bond acceptors (Lipinski definition) is 6. The summed E-state index contributed by atoms with van der Waals surface area (Å²) in [5.41, 5.74) is 1.68. The molecule has 1 atom stereocenters. The summed E-state index contributed by atoms with van der Waals surface area (Å²) in [5, 5.41) is 19.0. The molecule has 0 spiro atoms. The molecule has 1 aromatic carbocycles. The predicted molar refractivity (Wildman–Crippen MR) is 98.9 cm³/mol. The van der Waals surface area contributed by atoms with Gasteiger partial charge in [-0.25, -0.2) is 4.99 Å². The van der Waals surface area contributed by atoms with E-state index in [2.05, 4.69) is 4.99 Å². The lowest BCUT2D eigenvalue weighted by atomic mass is 9.99. The number of imide groups is 1. The number of aliphatic hydroxyl groups excluding tert-OH is 1. The van der Waals surface area contributed by atoms with Crippen molar-refractivity contribution in [3.8, 4) is 6.07 Å². The van der Waals surface area contributed by atoms with Crippen molar-refractivity contribution < 1.29 is 14.7 Å². The van der Waals surface area contributed by atoms with Gasteiger partial charge in [-0.2, -0.15) is 5.26 Å². The van der Waals surface area contributed by atoms with Crippen LogP contribution in [0.4, 0.5) is 11.4 Å². The first-order valence-electron chi connectivity index (χ1n) is 8.46. The molecule has 1 aliphatic rings. The number of rotatable bonds is 5. The lowest BCUT2D eigenvalue weighted by Crippen LogP contribution is -2.46. The Morgan fingerprint density at radius 3 is 2.31 bits per heavy atom. The molecule has 7 heteroatoms. The van der Waals surface area contributed by atoms with Crippen LogP contribution >= 0.6 is 0 Å². The third-order valence-corrected chi connectivity index (χ3v) is 4.28. The minimum Gasteiger partial charge on any atom is -0.374 e. The molecule has 0 bridgehead atoms. The highest BCUT2D eigenvalue weighted by atomic mass is 16.3. The molecule has 0 fully saturated rings. The number of hydrogen-bond donors (Lipinski definition) is 1. The number of likely N-dealkylation sites (N-methyl/N-ethyl adjacent to an activating group) is 1. The van der Waals surface area contributed by atoms with E-state index >= 15 is 0 Å². The van der Waals surface area contributed by atoms with Crippen molar-refractivity contribution in [1.29, 1.82) is 5.26 Å². The molecule has 1 aromatic rings. The second-order valence-corrected chi connectivity index (χ2v) is 5.86. The number of anilines is 1. The van der Waals surface area contributed by atoms with Crippen molar-refractivity contribution in [2.45, 2.75) is 33.9 Å². The van der Waals surface area contributed by atoms with Crippen LogP contribution in [0.2, 0.25) is 0 Å². The van der Waals surface area contributed by atoms with E-state index in [1.807, 2.05) is 13.0 Å². The molecule has 2 rings (SSSR count). The Hall–Kier alpha value is -2.98. The van der Waals surface area contributed by atoms with Crippen LogP contribution in [0.15, 0.2) is 40.4 Å². The first-order chi connectivity index (χ1) is 12.3. The van der Waals surface area contributed by atoms with Gasteiger partial charge >= 0.3 is 0 Å². The molecule has 1 N–H and O–H groups in total. The molecule has 7 nitrogen and oxygen atoms in total. The average molecular weight is 354 g/mol. The van der Waals surface area contributed by atoms with Crippen LogP contribution in [-0.4, -0.2) is 46.8 Å². The Balaban J connectivity index is 2.45. The second-order valence-electron chi connectivity index (χ2n) is 5.86. The molecule has 2 amide bonds. The molecular weight excluding hydrogens is 332 g/mol. The van der Waals surface area contributed by atoms with Crippen molar-refractivity contribution >= 4 is 28.9 Å². The zero-order valence-corrected chi connectivity index (χ0v) is 15.4. The van der Waals surface area contributed by atoms with Crippen LogP contribution in [0.3, 0.4) is 0 Å². The molecule has 1 unspecified atom stereocenters. The molecule has 0 aromatic heterocycles. The number of aliphatic hydroxyl groups is 1. The smallest absolute Gasteiger partial charge is 0.279 e. The van der Waals surface area contributed by atoms with E-state index in [4.69, 9.17) is 0 Å². The highest BCUT2D eigenvalue weighted by molar-refractivity contribution is 6.51. The minimum atomic E-state index is -0.621. The number of aliphatic imine (C=N–C) groups is 1.